The van der Waals surface area contributed by atoms with Crippen molar-refractivity contribution in [3.05, 3.63) is 0 Å². The zero-order chi connectivity index (χ0) is 22.6. The van der Waals surface area contributed by atoms with Gasteiger partial charge in [-0.2, -0.15) is 0 Å². The Morgan fingerprint density at radius 2 is 1.77 bits per heavy atom. The molecule has 0 aromatic carbocycles. The largest absolute Gasteiger partial charge is 0.481 e. The number of carbonyl (C=O) groups is 2. The average molecular weight is 433 g/mol. The van der Waals surface area contributed by atoms with Gasteiger partial charge >= 0.3 is 5.97 Å². The minimum absolute atomic E-state index is 0.190. The molecule has 0 aromatic rings. The zero-order valence-corrected chi connectivity index (χ0v) is 20.4. The fourth-order valence-corrected chi connectivity index (χ4v) is 9.36. The van der Waals surface area contributed by atoms with Crippen molar-refractivity contribution in [2.45, 2.75) is 98.0 Å². The Bertz CT molecular complexity index is 703. The van der Waals surface area contributed by atoms with Gasteiger partial charge in [0.15, 0.2) is 0 Å². The lowest BCUT2D eigenvalue weighted by Crippen LogP contribution is -2.60. The van der Waals surface area contributed by atoms with Gasteiger partial charge in [-0.25, -0.2) is 0 Å². The number of carboxylic acid groups (broad SMARTS) is 1. The van der Waals surface area contributed by atoms with Crippen molar-refractivity contribution in [3.63, 3.8) is 0 Å². The number of aliphatic carboxylic acids is 1. The monoisotopic (exact) mass is 432 g/mol. The van der Waals surface area contributed by atoms with E-state index in [2.05, 4.69) is 27.7 Å². The minimum atomic E-state index is -0.686. The number of ether oxygens (including phenoxy) is 1. The maximum absolute atomic E-state index is 14.0. The summed E-state index contributed by atoms with van der Waals surface area (Å²) in [5.41, 5.74) is 0.461. The molecule has 0 aromatic heterocycles. The van der Waals surface area contributed by atoms with E-state index in [-0.39, 0.29) is 29.1 Å². The number of hydrogen-bond acceptors (Lipinski definition) is 3. The van der Waals surface area contributed by atoms with Crippen LogP contribution in [-0.2, 0) is 14.3 Å². The highest BCUT2D eigenvalue weighted by Gasteiger charge is 2.65. The topological polar surface area (TPSA) is 63.6 Å². The first-order valence-corrected chi connectivity index (χ1v) is 13.0. The molecule has 0 amide bonds. The lowest BCUT2D eigenvalue weighted by molar-refractivity contribution is -0.174. The SMILES string of the molecule is CC[C@H]1C(=O)[C@@H]2[C@H](CC[C@]3(C)[C@@H]([C@H](C)CCC(=O)O)CC[C@@H]23)[C@@]2(C)CC[C@@H](OC)C[C@@H]12. The molecule has 0 bridgehead atoms. The predicted octanol–water partition coefficient (Wildman–Crippen LogP) is 5.98. The number of ketones is 1. The fraction of sp³-hybridized carbons (Fsp3) is 0.926. The number of methoxy groups -OCH3 is 1. The van der Waals surface area contributed by atoms with Gasteiger partial charge in [0.05, 0.1) is 6.10 Å². The first-order valence-electron chi connectivity index (χ1n) is 13.0. The van der Waals surface area contributed by atoms with Crippen molar-refractivity contribution in [1.29, 1.82) is 0 Å². The van der Waals surface area contributed by atoms with Crippen molar-refractivity contribution in [3.8, 4) is 0 Å². The van der Waals surface area contributed by atoms with Crippen LogP contribution in [0.15, 0.2) is 0 Å². The van der Waals surface area contributed by atoms with Gasteiger partial charge in [0.1, 0.15) is 5.78 Å². The van der Waals surface area contributed by atoms with Crippen LogP contribution in [0.1, 0.15) is 91.9 Å². The van der Waals surface area contributed by atoms with Crippen LogP contribution >= 0.6 is 0 Å². The van der Waals surface area contributed by atoms with Gasteiger partial charge in [-0.15, -0.1) is 0 Å². The number of fused-ring (bicyclic) bond motifs is 5. The second-order valence-corrected chi connectivity index (χ2v) is 12.0. The van der Waals surface area contributed by atoms with Crippen molar-refractivity contribution >= 4 is 11.8 Å². The van der Waals surface area contributed by atoms with Crippen molar-refractivity contribution in [2.24, 2.45) is 52.3 Å². The summed E-state index contributed by atoms with van der Waals surface area (Å²) >= 11 is 0. The lowest BCUT2D eigenvalue weighted by atomic mass is 9.42. The normalized spacial score (nSPS) is 47.9. The fourth-order valence-electron chi connectivity index (χ4n) is 9.36. The minimum Gasteiger partial charge on any atom is -0.481 e. The molecule has 176 valence electrons. The molecule has 4 saturated carbocycles. The third-order valence-corrected chi connectivity index (χ3v) is 11.0. The van der Waals surface area contributed by atoms with Crippen molar-refractivity contribution in [1.82, 2.24) is 0 Å². The number of carbonyl (C=O) groups excluding carboxylic acids is 1. The summed E-state index contributed by atoms with van der Waals surface area (Å²) in [6, 6.07) is 0. The van der Waals surface area contributed by atoms with E-state index >= 15 is 0 Å². The molecular formula is C27H44O4. The van der Waals surface area contributed by atoms with Crippen molar-refractivity contribution in [2.75, 3.05) is 7.11 Å². The molecule has 0 aliphatic heterocycles. The molecule has 4 rings (SSSR count). The molecule has 4 heteroatoms. The molecule has 0 unspecified atom stereocenters. The maximum atomic E-state index is 14.0. The number of Topliss-reactive ketones (excluding diaryl/α,β-unsaturated/α-hetero) is 1. The Kier molecular flexibility index (Phi) is 6.35. The smallest absolute Gasteiger partial charge is 0.303 e. The molecule has 0 radical (unpaired) electrons. The van der Waals surface area contributed by atoms with E-state index in [1.165, 1.54) is 25.7 Å². The van der Waals surface area contributed by atoms with Gasteiger partial charge in [-0.05, 0) is 98.2 Å². The molecule has 4 fully saturated rings. The Labute approximate surface area is 188 Å². The number of carboxylic acids is 1. The van der Waals surface area contributed by atoms with Crippen LogP contribution in [0.25, 0.3) is 0 Å². The Morgan fingerprint density at radius 1 is 1.10 bits per heavy atom. The van der Waals surface area contributed by atoms with Crippen molar-refractivity contribution < 1.29 is 19.4 Å². The predicted molar refractivity (Wildman–Crippen MR) is 122 cm³/mol. The molecule has 10 atom stereocenters. The summed E-state index contributed by atoms with van der Waals surface area (Å²) in [6.07, 6.45) is 10.4. The van der Waals surface area contributed by atoms with Crippen LogP contribution < -0.4 is 0 Å². The maximum Gasteiger partial charge on any atom is 0.303 e. The molecule has 4 aliphatic carbocycles. The Hall–Kier alpha value is -0.900. The van der Waals surface area contributed by atoms with Crippen LogP contribution in [0.3, 0.4) is 0 Å². The standard InChI is InChI=1S/C27H44O4/c1-6-18-22-15-17(31-5)11-13-27(22,4)21-12-14-26(3)19(16(2)7-10-23(28)29)8-9-20(26)24(21)25(18)30/h16-22,24H,6-15H2,1-5H3,(H,28,29)/t16-,17-,18-,19-,20+,21+,22+,24+,26-,27-/m1/s1. The molecule has 4 aliphatic rings. The highest BCUT2D eigenvalue weighted by Crippen LogP contribution is 2.68. The second-order valence-electron chi connectivity index (χ2n) is 12.0. The van der Waals surface area contributed by atoms with Gasteiger partial charge < -0.3 is 9.84 Å². The van der Waals surface area contributed by atoms with E-state index in [1.807, 2.05) is 7.11 Å². The van der Waals surface area contributed by atoms with E-state index in [0.717, 1.165) is 32.1 Å². The van der Waals surface area contributed by atoms with Crippen LogP contribution in [0.4, 0.5) is 0 Å². The highest BCUT2D eigenvalue weighted by atomic mass is 16.5. The zero-order valence-electron chi connectivity index (χ0n) is 20.4. The first kappa shape index (κ1) is 23.3. The van der Waals surface area contributed by atoms with Crippen LogP contribution in [0, 0.1) is 52.3 Å². The third kappa shape index (κ3) is 3.60. The Morgan fingerprint density at radius 3 is 2.42 bits per heavy atom. The molecule has 0 heterocycles. The van der Waals surface area contributed by atoms with E-state index in [1.54, 1.807) is 0 Å². The van der Waals surface area contributed by atoms with Crippen LogP contribution in [0.2, 0.25) is 0 Å². The Balaban J connectivity index is 1.61. The average Bonchev–Trinajstić information content (AvgIpc) is 3.09. The summed E-state index contributed by atoms with van der Waals surface area (Å²) in [4.78, 5) is 25.2. The summed E-state index contributed by atoms with van der Waals surface area (Å²) in [5.74, 6) is 2.76. The van der Waals surface area contributed by atoms with Gasteiger partial charge in [0, 0.05) is 25.4 Å². The molecule has 4 nitrogen and oxygen atoms in total. The quantitative estimate of drug-likeness (QED) is 0.561. The van der Waals surface area contributed by atoms with E-state index in [4.69, 9.17) is 9.84 Å². The summed E-state index contributed by atoms with van der Waals surface area (Å²) in [6.45, 7) is 9.44. The number of hydrogen-bond donors (Lipinski definition) is 1. The molecule has 0 spiro atoms. The second kappa shape index (κ2) is 8.47. The van der Waals surface area contributed by atoms with Gasteiger partial charge in [-0.1, -0.05) is 27.7 Å². The van der Waals surface area contributed by atoms with Gasteiger partial charge in [-0.3, -0.25) is 9.59 Å². The van der Waals surface area contributed by atoms with E-state index < -0.39 is 5.97 Å². The number of rotatable bonds is 6. The molecule has 31 heavy (non-hydrogen) atoms. The van der Waals surface area contributed by atoms with Gasteiger partial charge in [0.2, 0.25) is 0 Å². The van der Waals surface area contributed by atoms with Crippen LogP contribution in [-0.4, -0.2) is 30.1 Å². The van der Waals surface area contributed by atoms with Gasteiger partial charge in [0.25, 0.3) is 0 Å². The molecule has 0 saturated heterocycles. The summed E-state index contributed by atoms with van der Waals surface area (Å²) in [7, 11) is 1.83. The lowest BCUT2D eigenvalue weighted by Gasteiger charge is -2.62. The summed E-state index contributed by atoms with van der Waals surface area (Å²) < 4.78 is 5.76. The highest BCUT2D eigenvalue weighted by molar-refractivity contribution is 5.86. The molecule has 1 N–H and O–H groups in total. The van der Waals surface area contributed by atoms with E-state index in [0.29, 0.717) is 41.5 Å². The first-order chi connectivity index (χ1) is 14.7. The molecular weight excluding hydrogens is 388 g/mol. The van der Waals surface area contributed by atoms with E-state index in [9.17, 15) is 9.59 Å². The summed E-state index contributed by atoms with van der Waals surface area (Å²) in [5, 5.41) is 9.17. The van der Waals surface area contributed by atoms with Crippen LogP contribution in [0.5, 0.6) is 0 Å². The third-order valence-electron chi connectivity index (χ3n) is 11.0.